The van der Waals surface area contributed by atoms with Gasteiger partial charge in [-0.2, -0.15) is 0 Å². The highest BCUT2D eigenvalue weighted by molar-refractivity contribution is 6.33. The Kier molecular flexibility index (Phi) is 2.84. The van der Waals surface area contributed by atoms with Gasteiger partial charge in [-0.05, 0) is 25.0 Å². The van der Waals surface area contributed by atoms with Crippen molar-refractivity contribution in [1.82, 2.24) is 4.98 Å². The summed E-state index contributed by atoms with van der Waals surface area (Å²) in [4.78, 5) is 4.07. The highest BCUT2D eigenvalue weighted by Crippen LogP contribution is 2.32. The molecular weight excluding hydrogens is 220 g/mol. The fraction of sp³-hybridized carbons (Fsp3) is 0.154. The third kappa shape index (κ3) is 1.89. The van der Waals surface area contributed by atoms with Crippen molar-refractivity contribution in [2.75, 3.05) is 5.73 Å². The smallest absolute Gasteiger partial charge is 0.0824 e. The SMILES string of the molecule is Cc1ccc(-c2cncc(Cl)c2N)c(C)c1. The Morgan fingerprint density at radius 2 is 1.88 bits per heavy atom. The van der Waals surface area contributed by atoms with Gasteiger partial charge in [-0.25, -0.2) is 0 Å². The summed E-state index contributed by atoms with van der Waals surface area (Å²) >= 11 is 5.96. The Bertz CT molecular complexity index is 535. The van der Waals surface area contributed by atoms with Crippen molar-refractivity contribution < 1.29 is 0 Å². The standard InChI is InChI=1S/C13H13ClN2/c1-8-3-4-10(9(2)5-8)11-6-16-7-12(14)13(11)15/h3-7H,1-2H3,(H2,15,16). The van der Waals surface area contributed by atoms with Crippen LogP contribution < -0.4 is 5.73 Å². The number of aryl methyl sites for hydroxylation is 2. The molecule has 1 heterocycles. The average Bonchev–Trinajstić information content (AvgIpc) is 2.23. The third-order valence-corrected chi connectivity index (χ3v) is 2.91. The number of nitrogen functional groups attached to an aromatic ring is 1. The summed E-state index contributed by atoms with van der Waals surface area (Å²) in [5.41, 5.74) is 10.9. The molecule has 82 valence electrons. The van der Waals surface area contributed by atoms with Crippen molar-refractivity contribution in [2.45, 2.75) is 13.8 Å². The second-order valence-corrected chi connectivity index (χ2v) is 4.31. The van der Waals surface area contributed by atoms with Crippen molar-refractivity contribution in [3.8, 4) is 11.1 Å². The zero-order chi connectivity index (χ0) is 11.7. The molecule has 2 nitrogen and oxygen atoms in total. The van der Waals surface area contributed by atoms with Crippen LogP contribution >= 0.6 is 11.6 Å². The maximum atomic E-state index is 5.96. The van der Waals surface area contributed by atoms with Crippen LogP contribution in [0.25, 0.3) is 11.1 Å². The van der Waals surface area contributed by atoms with Crippen LogP contribution in [0.1, 0.15) is 11.1 Å². The summed E-state index contributed by atoms with van der Waals surface area (Å²) in [7, 11) is 0. The highest BCUT2D eigenvalue weighted by atomic mass is 35.5. The molecule has 3 heteroatoms. The van der Waals surface area contributed by atoms with Crippen LogP contribution in [0.15, 0.2) is 30.6 Å². The van der Waals surface area contributed by atoms with Gasteiger partial charge in [-0.1, -0.05) is 35.4 Å². The van der Waals surface area contributed by atoms with Gasteiger partial charge in [-0.3, -0.25) is 4.98 Å². The molecule has 0 bridgehead atoms. The molecule has 0 aliphatic carbocycles. The first-order chi connectivity index (χ1) is 7.59. The van der Waals surface area contributed by atoms with Crippen LogP contribution in [0.3, 0.4) is 0 Å². The topological polar surface area (TPSA) is 38.9 Å². The van der Waals surface area contributed by atoms with Crippen LogP contribution in [0.2, 0.25) is 5.02 Å². The number of benzene rings is 1. The van der Waals surface area contributed by atoms with Crippen molar-refractivity contribution in [3.63, 3.8) is 0 Å². The molecule has 0 fully saturated rings. The monoisotopic (exact) mass is 232 g/mol. The zero-order valence-corrected chi connectivity index (χ0v) is 10.0. The van der Waals surface area contributed by atoms with E-state index in [4.69, 9.17) is 17.3 Å². The van der Waals surface area contributed by atoms with Crippen LogP contribution in [0, 0.1) is 13.8 Å². The predicted molar refractivity (Wildman–Crippen MR) is 68.6 cm³/mol. The molecule has 0 aliphatic rings. The Morgan fingerprint density at radius 1 is 1.12 bits per heavy atom. The lowest BCUT2D eigenvalue weighted by Gasteiger charge is -2.10. The molecule has 0 aliphatic heterocycles. The molecular formula is C13H13ClN2. The van der Waals surface area contributed by atoms with Gasteiger partial charge >= 0.3 is 0 Å². The Morgan fingerprint density at radius 3 is 2.56 bits per heavy atom. The van der Waals surface area contributed by atoms with Crippen molar-refractivity contribution >= 4 is 17.3 Å². The molecule has 0 spiro atoms. The van der Waals surface area contributed by atoms with Crippen LogP contribution in [-0.2, 0) is 0 Å². The summed E-state index contributed by atoms with van der Waals surface area (Å²) < 4.78 is 0. The first kappa shape index (κ1) is 11.0. The molecule has 0 saturated carbocycles. The molecule has 2 N–H and O–H groups in total. The van der Waals surface area contributed by atoms with E-state index < -0.39 is 0 Å². The van der Waals surface area contributed by atoms with Gasteiger partial charge in [-0.15, -0.1) is 0 Å². The van der Waals surface area contributed by atoms with E-state index in [9.17, 15) is 0 Å². The molecule has 0 atom stereocenters. The molecule has 0 saturated heterocycles. The van der Waals surface area contributed by atoms with Crippen molar-refractivity contribution in [3.05, 3.63) is 46.7 Å². The van der Waals surface area contributed by atoms with E-state index in [-0.39, 0.29) is 0 Å². The number of halogens is 1. The maximum absolute atomic E-state index is 5.96. The van der Waals surface area contributed by atoms with Crippen molar-refractivity contribution in [1.29, 1.82) is 0 Å². The summed E-state index contributed by atoms with van der Waals surface area (Å²) in [6.07, 6.45) is 3.31. The van der Waals surface area contributed by atoms with Gasteiger partial charge in [0.25, 0.3) is 0 Å². The maximum Gasteiger partial charge on any atom is 0.0824 e. The largest absolute Gasteiger partial charge is 0.397 e. The number of hydrogen-bond donors (Lipinski definition) is 1. The van der Waals surface area contributed by atoms with E-state index >= 15 is 0 Å². The average molecular weight is 233 g/mol. The molecule has 16 heavy (non-hydrogen) atoms. The van der Waals surface area contributed by atoms with E-state index in [1.807, 2.05) is 6.07 Å². The van der Waals surface area contributed by atoms with E-state index in [1.54, 1.807) is 12.4 Å². The van der Waals surface area contributed by atoms with E-state index in [2.05, 4.69) is 31.0 Å². The van der Waals surface area contributed by atoms with Gasteiger partial charge in [0, 0.05) is 18.0 Å². The van der Waals surface area contributed by atoms with Gasteiger partial charge < -0.3 is 5.73 Å². The lowest BCUT2D eigenvalue weighted by atomic mass is 9.99. The number of nitrogens with zero attached hydrogens (tertiary/aromatic N) is 1. The summed E-state index contributed by atoms with van der Waals surface area (Å²) in [6, 6.07) is 6.23. The second kappa shape index (κ2) is 4.14. The minimum absolute atomic E-state index is 0.498. The Labute approximate surface area is 100 Å². The van der Waals surface area contributed by atoms with Gasteiger partial charge in [0.15, 0.2) is 0 Å². The number of hydrogen-bond acceptors (Lipinski definition) is 2. The molecule has 1 aromatic heterocycles. The van der Waals surface area contributed by atoms with Gasteiger partial charge in [0.05, 0.1) is 10.7 Å². The molecule has 1 aromatic carbocycles. The fourth-order valence-electron chi connectivity index (χ4n) is 1.78. The third-order valence-electron chi connectivity index (χ3n) is 2.61. The number of aromatic nitrogens is 1. The van der Waals surface area contributed by atoms with E-state index in [0.717, 1.165) is 11.1 Å². The van der Waals surface area contributed by atoms with E-state index in [0.29, 0.717) is 10.7 Å². The fourth-order valence-corrected chi connectivity index (χ4v) is 1.93. The van der Waals surface area contributed by atoms with Gasteiger partial charge in [0.2, 0.25) is 0 Å². The molecule has 0 radical (unpaired) electrons. The lowest BCUT2D eigenvalue weighted by Crippen LogP contribution is -1.94. The number of rotatable bonds is 1. The minimum atomic E-state index is 0.498. The molecule has 2 aromatic rings. The van der Waals surface area contributed by atoms with Crippen LogP contribution in [0.4, 0.5) is 5.69 Å². The first-order valence-corrected chi connectivity index (χ1v) is 5.44. The first-order valence-electron chi connectivity index (χ1n) is 5.06. The number of pyridine rings is 1. The Balaban J connectivity index is 2.63. The number of anilines is 1. The quantitative estimate of drug-likeness (QED) is 0.816. The summed E-state index contributed by atoms with van der Waals surface area (Å²) in [5, 5.41) is 0.498. The summed E-state index contributed by atoms with van der Waals surface area (Å²) in [5.74, 6) is 0. The summed E-state index contributed by atoms with van der Waals surface area (Å²) in [6.45, 7) is 4.12. The normalized spacial score (nSPS) is 10.4. The van der Waals surface area contributed by atoms with Crippen LogP contribution in [-0.4, -0.2) is 4.98 Å². The zero-order valence-electron chi connectivity index (χ0n) is 9.29. The molecule has 0 amide bonds. The molecule has 0 unspecified atom stereocenters. The highest BCUT2D eigenvalue weighted by Gasteiger charge is 2.08. The predicted octanol–water partition coefficient (Wildman–Crippen LogP) is 3.60. The number of nitrogens with two attached hydrogens (primary N) is 1. The van der Waals surface area contributed by atoms with E-state index in [1.165, 1.54) is 11.1 Å². The molecule has 2 rings (SSSR count). The lowest BCUT2D eigenvalue weighted by molar-refractivity contribution is 1.31. The van der Waals surface area contributed by atoms with Crippen molar-refractivity contribution in [2.24, 2.45) is 0 Å². The minimum Gasteiger partial charge on any atom is -0.397 e. The van der Waals surface area contributed by atoms with Crippen LogP contribution in [0.5, 0.6) is 0 Å². The second-order valence-electron chi connectivity index (χ2n) is 3.90. The van der Waals surface area contributed by atoms with Gasteiger partial charge in [0.1, 0.15) is 0 Å². The Hall–Kier alpha value is -1.54.